The zero-order valence-electron chi connectivity index (χ0n) is 12.8. The number of aliphatic carboxylic acids is 1. The Balaban J connectivity index is 2.80. The van der Waals surface area contributed by atoms with Gasteiger partial charge in [0.05, 0.1) is 6.54 Å². The lowest BCUT2D eigenvalue weighted by molar-refractivity contribution is -0.143. The molecule has 6 heteroatoms. The van der Waals surface area contributed by atoms with Gasteiger partial charge in [0.2, 0.25) is 5.91 Å². The molecule has 0 aromatic rings. The standard InChI is InChI=1S/C14H24N2O4/c1-9(12(19)20)15-11(18)8-16-13(2,3)6-10(17)7-14(16,4)5/h9H,6-8H2,1-5H3,(H,15,18)(H,19,20). The summed E-state index contributed by atoms with van der Waals surface area (Å²) in [7, 11) is 0. The van der Waals surface area contributed by atoms with Crippen molar-refractivity contribution in [3.63, 3.8) is 0 Å². The molecular weight excluding hydrogens is 260 g/mol. The highest BCUT2D eigenvalue weighted by Gasteiger charge is 2.45. The third-order valence-electron chi connectivity index (χ3n) is 3.77. The van der Waals surface area contributed by atoms with Crippen LogP contribution in [-0.2, 0) is 14.4 Å². The minimum absolute atomic E-state index is 0.0882. The molecule has 1 saturated heterocycles. The number of ketones is 1. The van der Waals surface area contributed by atoms with Gasteiger partial charge in [-0.1, -0.05) is 0 Å². The van der Waals surface area contributed by atoms with E-state index >= 15 is 0 Å². The number of amides is 1. The van der Waals surface area contributed by atoms with Gasteiger partial charge in [-0.25, -0.2) is 0 Å². The molecule has 20 heavy (non-hydrogen) atoms. The van der Waals surface area contributed by atoms with Crippen molar-refractivity contribution in [1.29, 1.82) is 0 Å². The number of Topliss-reactive ketones (excluding diaryl/α,β-unsaturated/α-hetero) is 1. The molecule has 0 aliphatic carbocycles. The number of nitrogens with zero attached hydrogens (tertiary/aromatic N) is 1. The van der Waals surface area contributed by atoms with Crippen LogP contribution in [0.15, 0.2) is 0 Å². The van der Waals surface area contributed by atoms with Crippen molar-refractivity contribution in [2.45, 2.75) is 64.6 Å². The fraction of sp³-hybridized carbons (Fsp3) is 0.786. The number of nitrogens with one attached hydrogen (secondary N) is 1. The third kappa shape index (κ3) is 3.79. The Hall–Kier alpha value is -1.43. The molecule has 0 bridgehead atoms. The zero-order valence-corrected chi connectivity index (χ0v) is 12.8. The van der Waals surface area contributed by atoms with E-state index in [-0.39, 0.29) is 18.2 Å². The lowest BCUT2D eigenvalue weighted by Gasteiger charge is -2.51. The number of rotatable bonds is 4. The van der Waals surface area contributed by atoms with E-state index in [1.54, 1.807) is 0 Å². The van der Waals surface area contributed by atoms with Gasteiger partial charge in [-0.05, 0) is 34.6 Å². The number of carbonyl (C=O) groups excluding carboxylic acids is 2. The fourth-order valence-corrected chi connectivity index (χ4v) is 2.96. The quantitative estimate of drug-likeness (QED) is 0.797. The average Bonchev–Trinajstić information content (AvgIpc) is 2.21. The first kappa shape index (κ1) is 16.6. The topological polar surface area (TPSA) is 86.7 Å². The molecule has 0 radical (unpaired) electrons. The van der Waals surface area contributed by atoms with Gasteiger partial charge in [0, 0.05) is 23.9 Å². The van der Waals surface area contributed by atoms with Gasteiger partial charge in [-0.15, -0.1) is 0 Å². The van der Waals surface area contributed by atoms with Crippen molar-refractivity contribution in [1.82, 2.24) is 10.2 Å². The molecule has 1 aliphatic heterocycles. The van der Waals surface area contributed by atoms with E-state index in [0.29, 0.717) is 12.8 Å². The molecule has 0 saturated carbocycles. The molecule has 0 aromatic carbocycles. The summed E-state index contributed by atoms with van der Waals surface area (Å²) in [4.78, 5) is 36.5. The molecule has 2 N–H and O–H groups in total. The zero-order chi connectivity index (χ0) is 15.7. The van der Waals surface area contributed by atoms with Gasteiger partial charge >= 0.3 is 5.97 Å². The maximum atomic E-state index is 12.0. The van der Waals surface area contributed by atoms with Gasteiger partial charge in [-0.2, -0.15) is 0 Å². The van der Waals surface area contributed by atoms with Crippen LogP contribution in [-0.4, -0.2) is 51.3 Å². The molecule has 0 aromatic heterocycles. The molecule has 1 aliphatic rings. The van der Waals surface area contributed by atoms with Crippen LogP contribution in [0.2, 0.25) is 0 Å². The van der Waals surface area contributed by atoms with Crippen molar-refractivity contribution < 1.29 is 19.5 Å². The second-order valence-electron chi connectivity index (χ2n) is 6.73. The van der Waals surface area contributed by atoms with Crippen LogP contribution < -0.4 is 5.32 Å². The van der Waals surface area contributed by atoms with Crippen LogP contribution in [0, 0.1) is 0 Å². The van der Waals surface area contributed by atoms with E-state index in [1.165, 1.54) is 6.92 Å². The fourth-order valence-electron chi connectivity index (χ4n) is 2.96. The van der Waals surface area contributed by atoms with Gasteiger partial charge in [0.1, 0.15) is 11.8 Å². The number of carboxylic acid groups (broad SMARTS) is 1. The minimum Gasteiger partial charge on any atom is -0.480 e. The summed E-state index contributed by atoms with van der Waals surface area (Å²) in [6.07, 6.45) is 0.802. The van der Waals surface area contributed by atoms with Gasteiger partial charge < -0.3 is 10.4 Å². The van der Waals surface area contributed by atoms with E-state index in [0.717, 1.165) is 0 Å². The highest BCUT2D eigenvalue weighted by Crippen LogP contribution is 2.36. The van der Waals surface area contributed by atoms with Crippen molar-refractivity contribution in [3.8, 4) is 0 Å². The number of hydrogen-bond acceptors (Lipinski definition) is 4. The molecule has 0 spiro atoms. The Labute approximate surface area is 119 Å². The predicted octanol–water partition coefficient (Wildman–Crippen LogP) is 0.798. The maximum absolute atomic E-state index is 12.0. The molecule has 6 nitrogen and oxygen atoms in total. The number of hydrogen-bond donors (Lipinski definition) is 2. The average molecular weight is 284 g/mol. The van der Waals surface area contributed by atoms with Crippen LogP contribution in [0.3, 0.4) is 0 Å². The normalized spacial score (nSPS) is 23.1. The second-order valence-corrected chi connectivity index (χ2v) is 6.73. The molecule has 1 rings (SSSR count). The van der Waals surface area contributed by atoms with Crippen molar-refractivity contribution in [2.75, 3.05) is 6.54 Å². The van der Waals surface area contributed by atoms with E-state index in [2.05, 4.69) is 5.32 Å². The summed E-state index contributed by atoms with van der Waals surface area (Å²) in [6, 6.07) is -0.917. The van der Waals surface area contributed by atoms with Gasteiger partial charge in [0.25, 0.3) is 0 Å². The minimum atomic E-state index is -1.06. The van der Waals surface area contributed by atoms with Crippen LogP contribution in [0.1, 0.15) is 47.5 Å². The Morgan fingerprint density at radius 3 is 2.10 bits per heavy atom. The first-order valence-corrected chi connectivity index (χ1v) is 6.77. The highest BCUT2D eigenvalue weighted by molar-refractivity contribution is 5.85. The van der Waals surface area contributed by atoms with Crippen LogP contribution in [0.25, 0.3) is 0 Å². The first-order valence-electron chi connectivity index (χ1n) is 6.77. The van der Waals surface area contributed by atoms with E-state index in [4.69, 9.17) is 5.11 Å². The highest BCUT2D eigenvalue weighted by atomic mass is 16.4. The Morgan fingerprint density at radius 2 is 1.70 bits per heavy atom. The Bertz CT molecular complexity index is 409. The smallest absolute Gasteiger partial charge is 0.325 e. The Morgan fingerprint density at radius 1 is 1.25 bits per heavy atom. The van der Waals surface area contributed by atoms with Crippen LogP contribution >= 0.6 is 0 Å². The van der Waals surface area contributed by atoms with Crippen molar-refractivity contribution >= 4 is 17.7 Å². The van der Waals surface area contributed by atoms with Crippen molar-refractivity contribution in [3.05, 3.63) is 0 Å². The van der Waals surface area contributed by atoms with E-state index < -0.39 is 23.1 Å². The summed E-state index contributed by atoms with van der Waals surface area (Å²) < 4.78 is 0. The summed E-state index contributed by atoms with van der Waals surface area (Å²) in [6.45, 7) is 9.24. The lowest BCUT2D eigenvalue weighted by Crippen LogP contribution is -2.63. The number of likely N-dealkylation sites (tertiary alicyclic amines) is 1. The summed E-state index contributed by atoms with van der Waals surface area (Å²) >= 11 is 0. The second kappa shape index (κ2) is 5.52. The molecular formula is C14H24N2O4. The molecule has 1 unspecified atom stereocenters. The number of piperidine rings is 1. The summed E-state index contributed by atoms with van der Waals surface area (Å²) in [5.74, 6) is -1.21. The molecule has 1 heterocycles. The number of carbonyl (C=O) groups is 3. The number of carboxylic acids is 1. The third-order valence-corrected chi connectivity index (χ3v) is 3.77. The van der Waals surface area contributed by atoms with Crippen LogP contribution in [0.5, 0.6) is 0 Å². The summed E-state index contributed by atoms with van der Waals surface area (Å²) in [5, 5.41) is 11.3. The molecule has 1 amide bonds. The summed E-state index contributed by atoms with van der Waals surface area (Å²) in [5.41, 5.74) is -0.828. The molecule has 1 fully saturated rings. The predicted molar refractivity (Wildman–Crippen MR) is 74.3 cm³/mol. The molecule has 1 atom stereocenters. The van der Waals surface area contributed by atoms with E-state index in [9.17, 15) is 14.4 Å². The SMILES string of the molecule is CC(NC(=O)CN1C(C)(C)CC(=O)CC1(C)C)C(=O)O. The van der Waals surface area contributed by atoms with Crippen LogP contribution in [0.4, 0.5) is 0 Å². The largest absolute Gasteiger partial charge is 0.480 e. The Kier molecular flexibility index (Phi) is 4.59. The van der Waals surface area contributed by atoms with Gasteiger partial charge in [-0.3, -0.25) is 19.3 Å². The molecule has 114 valence electrons. The monoisotopic (exact) mass is 284 g/mol. The maximum Gasteiger partial charge on any atom is 0.325 e. The van der Waals surface area contributed by atoms with Crippen molar-refractivity contribution in [2.24, 2.45) is 0 Å². The lowest BCUT2D eigenvalue weighted by atomic mass is 9.79. The van der Waals surface area contributed by atoms with E-state index in [1.807, 2.05) is 32.6 Å². The first-order chi connectivity index (χ1) is 8.95. The van der Waals surface area contributed by atoms with Gasteiger partial charge in [0.15, 0.2) is 0 Å².